The van der Waals surface area contributed by atoms with Crippen LogP contribution in [0.3, 0.4) is 0 Å². The number of rotatable bonds is 5. The van der Waals surface area contributed by atoms with Crippen LogP contribution in [0, 0.1) is 11.3 Å². The average Bonchev–Trinajstić information content (AvgIpc) is 2.30. The quantitative estimate of drug-likeness (QED) is 0.639. The summed E-state index contributed by atoms with van der Waals surface area (Å²) in [7, 11) is 0. The lowest BCUT2D eigenvalue weighted by molar-refractivity contribution is -0.112. The number of nitrogens with two attached hydrogens (primary N) is 1. The molecule has 4 heteroatoms. The van der Waals surface area contributed by atoms with Crippen LogP contribution in [0.4, 0.5) is 0 Å². The molecule has 0 aliphatic carbocycles. The number of nitrogens with zero attached hydrogens (tertiary/aromatic N) is 1. The van der Waals surface area contributed by atoms with E-state index >= 15 is 0 Å². The molecule has 0 aliphatic heterocycles. The predicted molar refractivity (Wildman–Crippen MR) is 70.1 cm³/mol. The van der Waals surface area contributed by atoms with E-state index in [1.165, 1.54) is 11.8 Å². The van der Waals surface area contributed by atoms with Gasteiger partial charge in [0, 0.05) is 11.4 Å². The molecule has 3 nitrogen and oxygen atoms in total. The third-order valence-electron chi connectivity index (χ3n) is 2.13. The summed E-state index contributed by atoms with van der Waals surface area (Å²) in [5.74, 6) is 0.842. The number of nitriles is 1. The second-order valence-electron chi connectivity index (χ2n) is 3.57. The molecule has 0 radical (unpaired) electrons. The maximum atomic E-state index is 11.6. The van der Waals surface area contributed by atoms with Crippen molar-refractivity contribution in [2.45, 2.75) is 12.7 Å². The summed E-state index contributed by atoms with van der Waals surface area (Å²) < 4.78 is 0. The topological polar surface area (TPSA) is 66.9 Å². The van der Waals surface area contributed by atoms with Crippen LogP contribution in [0.2, 0.25) is 0 Å². The normalized spacial score (nSPS) is 11.5. The fourth-order valence-electron chi connectivity index (χ4n) is 1.28. The van der Waals surface area contributed by atoms with Crippen molar-refractivity contribution < 1.29 is 4.79 Å². The van der Waals surface area contributed by atoms with E-state index in [9.17, 15) is 4.79 Å². The van der Waals surface area contributed by atoms with E-state index < -0.39 is 0 Å². The van der Waals surface area contributed by atoms with Gasteiger partial charge in [0.15, 0.2) is 5.78 Å². The van der Waals surface area contributed by atoms with Crippen LogP contribution in [0.15, 0.2) is 41.6 Å². The molecule has 0 fully saturated rings. The van der Waals surface area contributed by atoms with Gasteiger partial charge in [0.05, 0.1) is 5.75 Å². The smallest absolute Gasteiger partial charge is 0.184 e. The molecule has 0 unspecified atom stereocenters. The van der Waals surface area contributed by atoms with E-state index in [2.05, 4.69) is 0 Å². The number of ketones is 1. The fourth-order valence-corrected chi connectivity index (χ4v) is 2.14. The van der Waals surface area contributed by atoms with Crippen LogP contribution >= 0.6 is 11.8 Å². The van der Waals surface area contributed by atoms with Gasteiger partial charge in [-0.2, -0.15) is 5.26 Å². The summed E-state index contributed by atoms with van der Waals surface area (Å²) in [5, 5.41) is 8.77. The van der Waals surface area contributed by atoms with Crippen LogP contribution in [0.5, 0.6) is 0 Å². The SMILES string of the molecule is C/C(N)=C(/C#N)C(=O)CSCc1ccccc1. The molecule has 2 N–H and O–H groups in total. The molecule has 1 aromatic rings. The van der Waals surface area contributed by atoms with Gasteiger partial charge in [0.25, 0.3) is 0 Å². The summed E-state index contributed by atoms with van der Waals surface area (Å²) >= 11 is 1.49. The van der Waals surface area contributed by atoms with Crippen LogP contribution in [-0.4, -0.2) is 11.5 Å². The van der Waals surface area contributed by atoms with Crippen molar-refractivity contribution in [3.8, 4) is 6.07 Å². The van der Waals surface area contributed by atoms with Gasteiger partial charge < -0.3 is 5.73 Å². The van der Waals surface area contributed by atoms with Crippen molar-refractivity contribution in [2.24, 2.45) is 5.73 Å². The van der Waals surface area contributed by atoms with Crippen LogP contribution < -0.4 is 5.73 Å². The zero-order valence-electron chi connectivity index (χ0n) is 9.64. The molecule has 17 heavy (non-hydrogen) atoms. The number of Topliss-reactive ketones (excluding diaryl/α,β-unsaturated/α-hetero) is 1. The van der Waals surface area contributed by atoms with Crippen molar-refractivity contribution >= 4 is 17.5 Å². The average molecular weight is 246 g/mol. The predicted octanol–water partition coefficient (Wildman–Crippen LogP) is 2.25. The number of hydrogen-bond acceptors (Lipinski definition) is 4. The van der Waals surface area contributed by atoms with Crippen molar-refractivity contribution in [3.05, 3.63) is 47.2 Å². The Hall–Kier alpha value is -1.73. The number of allylic oxidation sites excluding steroid dienone is 2. The van der Waals surface area contributed by atoms with Gasteiger partial charge in [-0.1, -0.05) is 30.3 Å². The lowest BCUT2D eigenvalue weighted by Gasteiger charge is -2.02. The van der Waals surface area contributed by atoms with Gasteiger partial charge in [-0.15, -0.1) is 11.8 Å². The summed E-state index contributed by atoms with van der Waals surface area (Å²) in [6.45, 7) is 1.57. The molecule has 1 rings (SSSR count). The number of thioether (sulfide) groups is 1. The van der Waals surface area contributed by atoms with Gasteiger partial charge in [0.1, 0.15) is 11.6 Å². The number of hydrogen-bond donors (Lipinski definition) is 1. The first-order valence-corrected chi connectivity index (χ1v) is 6.32. The molecule has 0 spiro atoms. The molecule has 0 bridgehead atoms. The highest BCUT2D eigenvalue weighted by Crippen LogP contribution is 2.13. The second-order valence-corrected chi connectivity index (χ2v) is 4.56. The van der Waals surface area contributed by atoms with Crippen molar-refractivity contribution in [1.29, 1.82) is 5.26 Å². The standard InChI is InChI=1S/C13H14N2OS/c1-10(15)12(7-14)13(16)9-17-8-11-5-3-2-4-6-11/h2-6H,8-9,15H2,1H3/b12-10+. The molecule has 0 atom stereocenters. The van der Waals surface area contributed by atoms with Gasteiger partial charge >= 0.3 is 0 Å². The van der Waals surface area contributed by atoms with Gasteiger partial charge in [0.2, 0.25) is 0 Å². The van der Waals surface area contributed by atoms with Crippen molar-refractivity contribution in [1.82, 2.24) is 0 Å². The lowest BCUT2D eigenvalue weighted by atomic mass is 10.2. The first-order chi connectivity index (χ1) is 8.15. The first kappa shape index (κ1) is 13.3. The molecule has 0 heterocycles. The van der Waals surface area contributed by atoms with Crippen LogP contribution in [-0.2, 0) is 10.5 Å². The minimum atomic E-state index is -0.201. The molecule has 0 amide bonds. The minimum Gasteiger partial charge on any atom is -0.401 e. The zero-order chi connectivity index (χ0) is 12.7. The zero-order valence-corrected chi connectivity index (χ0v) is 10.5. The Bertz CT molecular complexity index is 456. The van der Waals surface area contributed by atoms with Crippen molar-refractivity contribution in [3.63, 3.8) is 0 Å². The molecular formula is C13H14N2OS. The third kappa shape index (κ3) is 4.33. The molecular weight excluding hydrogens is 232 g/mol. The molecule has 0 saturated carbocycles. The number of benzene rings is 1. The van der Waals surface area contributed by atoms with Crippen LogP contribution in [0.25, 0.3) is 0 Å². The fraction of sp³-hybridized carbons (Fsp3) is 0.231. The highest BCUT2D eigenvalue weighted by Gasteiger charge is 2.10. The maximum Gasteiger partial charge on any atom is 0.184 e. The molecule has 1 aromatic carbocycles. The summed E-state index contributed by atoms with van der Waals surface area (Å²) in [6.07, 6.45) is 0. The highest BCUT2D eigenvalue weighted by atomic mass is 32.2. The Kier molecular flexibility index (Phi) is 5.31. The lowest BCUT2D eigenvalue weighted by Crippen LogP contribution is -2.10. The van der Waals surface area contributed by atoms with E-state index in [0.717, 1.165) is 11.3 Å². The summed E-state index contributed by atoms with van der Waals surface area (Å²) in [6, 6.07) is 11.7. The Morgan fingerprint density at radius 1 is 1.41 bits per heavy atom. The monoisotopic (exact) mass is 246 g/mol. The second kappa shape index (κ2) is 6.77. The molecule has 0 aromatic heterocycles. The Morgan fingerprint density at radius 2 is 2.06 bits per heavy atom. The molecule has 0 saturated heterocycles. The highest BCUT2D eigenvalue weighted by molar-refractivity contribution is 7.99. The Labute approximate surface area is 105 Å². The Morgan fingerprint density at radius 3 is 2.59 bits per heavy atom. The summed E-state index contributed by atoms with van der Waals surface area (Å²) in [5.41, 5.74) is 6.99. The van der Waals surface area contributed by atoms with Gasteiger partial charge in [-0.3, -0.25) is 4.79 Å². The van der Waals surface area contributed by atoms with E-state index in [0.29, 0.717) is 0 Å². The summed E-state index contributed by atoms with van der Waals surface area (Å²) in [4.78, 5) is 11.6. The van der Waals surface area contributed by atoms with E-state index in [1.54, 1.807) is 6.92 Å². The number of carbonyl (C=O) groups is 1. The molecule has 0 aliphatic rings. The maximum absolute atomic E-state index is 11.6. The largest absolute Gasteiger partial charge is 0.401 e. The van der Waals surface area contributed by atoms with Crippen molar-refractivity contribution in [2.75, 3.05) is 5.75 Å². The minimum absolute atomic E-state index is 0.0746. The number of carbonyl (C=O) groups excluding carboxylic acids is 1. The molecule has 88 valence electrons. The van der Waals surface area contributed by atoms with Gasteiger partial charge in [-0.25, -0.2) is 0 Å². The first-order valence-electron chi connectivity index (χ1n) is 5.16. The van der Waals surface area contributed by atoms with E-state index in [-0.39, 0.29) is 22.8 Å². The van der Waals surface area contributed by atoms with Crippen LogP contribution in [0.1, 0.15) is 12.5 Å². The Balaban J connectivity index is 2.46. The van der Waals surface area contributed by atoms with Gasteiger partial charge in [-0.05, 0) is 12.5 Å². The van der Waals surface area contributed by atoms with E-state index in [1.807, 2.05) is 36.4 Å². The van der Waals surface area contributed by atoms with E-state index in [4.69, 9.17) is 11.0 Å². The third-order valence-corrected chi connectivity index (χ3v) is 3.13.